The van der Waals surface area contributed by atoms with Gasteiger partial charge in [-0.2, -0.15) is 11.8 Å². The number of aliphatic carboxylic acids is 1. The molecule has 2 aliphatic carbocycles. The van der Waals surface area contributed by atoms with Gasteiger partial charge in [0.25, 0.3) is 0 Å². The van der Waals surface area contributed by atoms with Gasteiger partial charge < -0.3 is 20.5 Å². The average molecular weight is 497 g/mol. The molecule has 1 unspecified atom stereocenters. The molecule has 4 rings (SSSR count). The molecule has 0 aromatic heterocycles. The summed E-state index contributed by atoms with van der Waals surface area (Å²) < 4.78 is 5.64. The SMILES string of the molecule is CSCCC(NC(=O)C[C@@H]1CC[C@H](NC(=O)OCC2c3ccccc3-c3ccccc32)C1)C(=O)O. The van der Waals surface area contributed by atoms with E-state index in [0.717, 1.165) is 12.8 Å². The predicted octanol–water partition coefficient (Wildman–Crippen LogP) is 4.41. The Kier molecular flexibility index (Phi) is 8.33. The first kappa shape index (κ1) is 25.1. The molecule has 1 fully saturated rings. The van der Waals surface area contributed by atoms with E-state index in [9.17, 15) is 19.5 Å². The summed E-state index contributed by atoms with van der Waals surface area (Å²) in [6, 6.07) is 15.5. The van der Waals surface area contributed by atoms with Crippen LogP contribution >= 0.6 is 11.8 Å². The highest BCUT2D eigenvalue weighted by molar-refractivity contribution is 7.98. The summed E-state index contributed by atoms with van der Waals surface area (Å²) in [6.45, 7) is 0.269. The summed E-state index contributed by atoms with van der Waals surface area (Å²) in [5, 5.41) is 14.9. The summed E-state index contributed by atoms with van der Waals surface area (Å²) >= 11 is 1.55. The molecule has 7 nitrogen and oxygen atoms in total. The molecule has 1 saturated carbocycles. The maximum absolute atomic E-state index is 12.5. The minimum absolute atomic E-state index is 0.0152. The van der Waals surface area contributed by atoms with Crippen molar-refractivity contribution in [2.45, 2.75) is 50.1 Å². The van der Waals surface area contributed by atoms with E-state index in [0.29, 0.717) is 18.6 Å². The van der Waals surface area contributed by atoms with Crippen molar-refractivity contribution in [2.24, 2.45) is 5.92 Å². The van der Waals surface area contributed by atoms with Crippen molar-refractivity contribution >= 4 is 29.7 Å². The zero-order valence-corrected chi connectivity index (χ0v) is 20.7. The Balaban J connectivity index is 1.24. The molecule has 186 valence electrons. The van der Waals surface area contributed by atoms with E-state index in [1.54, 1.807) is 11.8 Å². The molecule has 0 bridgehead atoms. The highest BCUT2D eigenvalue weighted by atomic mass is 32.2. The lowest BCUT2D eigenvalue weighted by Gasteiger charge is -2.17. The van der Waals surface area contributed by atoms with Crippen LogP contribution in [0.3, 0.4) is 0 Å². The van der Waals surface area contributed by atoms with Gasteiger partial charge >= 0.3 is 12.1 Å². The topological polar surface area (TPSA) is 105 Å². The number of nitrogens with one attached hydrogen (secondary N) is 2. The van der Waals surface area contributed by atoms with Crippen LogP contribution in [-0.2, 0) is 14.3 Å². The van der Waals surface area contributed by atoms with E-state index in [-0.39, 0.29) is 36.8 Å². The first-order valence-electron chi connectivity index (χ1n) is 12.1. The number of thioether (sulfide) groups is 1. The fraction of sp³-hybridized carbons (Fsp3) is 0.444. The van der Waals surface area contributed by atoms with Gasteiger partial charge in [-0.05, 0) is 65.9 Å². The minimum Gasteiger partial charge on any atom is -0.480 e. The van der Waals surface area contributed by atoms with Crippen molar-refractivity contribution in [2.75, 3.05) is 18.6 Å². The maximum atomic E-state index is 12.5. The fourth-order valence-electron chi connectivity index (χ4n) is 5.21. The second kappa shape index (κ2) is 11.6. The summed E-state index contributed by atoms with van der Waals surface area (Å²) in [4.78, 5) is 36.3. The van der Waals surface area contributed by atoms with E-state index < -0.39 is 18.1 Å². The van der Waals surface area contributed by atoms with Crippen LogP contribution in [0.25, 0.3) is 11.1 Å². The molecule has 0 radical (unpaired) electrons. The Morgan fingerprint density at radius 3 is 2.34 bits per heavy atom. The van der Waals surface area contributed by atoms with Crippen LogP contribution in [0.15, 0.2) is 48.5 Å². The number of amides is 2. The number of alkyl carbamates (subject to hydrolysis) is 1. The van der Waals surface area contributed by atoms with Crippen molar-refractivity contribution in [3.63, 3.8) is 0 Å². The van der Waals surface area contributed by atoms with E-state index in [4.69, 9.17) is 4.74 Å². The predicted molar refractivity (Wildman–Crippen MR) is 137 cm³/mol. The lowest BCUT2D eigenvalue weighted by Crippen LogP contribution is -2.41. The Labute approximate surface area is 210 Å². The van der Waals surface area contributed by atoms with Crippen LogP contribution in [0.2, 0.25) is 0 Å². The highest BCUT2D eigenvalue weighted by Gasteiger charge is 2.31. The third kappa shape index (κ3) is 6.17. The smallest absolute Gasteiger partial charge is 0.407 e. The molecule has 35 heavy (non-hydrogen) atoms. The second-order valence-corrected chi connectivity index (χ2v) is 10.3. The first-order chi connectivity index (χ1) is 17.0. The Hall–Kier alpha value is -3.00. The molecule has 3 N–H and O–H groups in total. The van der Waals surface area contributed by atoms with Crippen molar-refractivity contribution in [1.29, 1.82) is 0 Å². The normalized spacial score (nSPS) is 19.5. The minimum atomic E-state index is -1.01. The molecular formula is C27H32N2O5S. The van der Waals surface area contributed by atoms with Gasteiger partial charge in [-0.1, -0.05) is 48.5 Å². The van der Waals surface area contributed by atoms with Gasteiger partial charge in [0.1, 0.15) is 12.6 Å². The zero-order valence-electron chi connectivity index (χ0n) is 19.9. The van der Waals surface area contributed by atoms with Gasteiger partial charge in [0.2, 0.25) is 5.91 Å². The summed E-state index contributed by atoms with van der Waals surface area (Å²) in [5.41, 5.74) is 4.72. The van der Waals surface area contributed by atoms with Gasteiger partial charge in [0.05, 0.1) is 0 Å². The molecule has 0 heterocycles. The molecule has 0 aliphatic heterocycles. The standard InChI is InChI=1S/C27H32N2O5S/c1-35-13-12-24(26(31)32)29-25(30)15-17-10-11-18(14-17)28-27(33)34-16-23-21-8-4-2-6-19(21)20-7-3-5-9-22(20)23/h2-9,17-18,23-24H,10-16H2,1H3,(H,28,33)(H,29,30)(H,31,32)/t17-,18+,24?/m1/s1. The van der Waals surface area contributed by atoms with Gasteiger partial charge in [0, 0.05) is 18.4 Å². The van der Waals surface area contributed by atoms with Gasteiger partial charge in [-0.15, -0.1) is 0 Å². The van der Waals surface area contributed by atoms with Crippen LogP contribution in [0.5, 0.6) is 0 Å². The lowest BCUT2D eigenvalue weighted by molar-refractivity contribution is -0.142. The van der Waals surface area contributed by atoms with E-state index in [1.807, 2.05) is 30.5 Å². The van der Waals surface area contributed by atoms with Gasteiger partial charge in [-0.3, -0.25) is 4.79 Å². The molecular weight excluding hydrogens is 464 g/mol. The number of carbonyl (C=O) groups is 3. The number of hydrogen-bond donors (Lipinski definition) is 3. The number of carboxylic acid groups (broad SMARTS) is 1. The Morgan fingerprint density at radius 1 is 1.06 bits per heavy atom. The summed E-state index contributed by atoms with van der Waals surface area (Å²) in [7, 11) is 0. The van der Waals surface area contributed by atoms with E-state index in [2.05, 4.69) is 34.9 Å². The van der Waals surface area contributed by atoms with Gasteiger partial charge in [-0.25, -0.2) is 9.59 Å². The lowest BCUT2D eigenvalue weighted by atomic mass is 9.98. The average Bonchev–Trinajstić information content (AvgIpc) is 3.41. The molecule has 0 spiro atoms. The van der Waals surface area contributed by atoms with Crippen LogP contribution in [-0.4, -0.2) is 53.8 Å². The molecule has 0 saturated heterocycles. The molecule has 2 aromatic carbocycles. The molecule has 2 aromatic rings. The van der Waals surface area contributed by atoms with E-state index in [1.165, 1.54) is 22.3 Å². The Bertz CT molecular complexity index is 1030. The number of rotatable bonds is 10. The van der Waals surface area contributed by atoms with Crippen LogP contribution in [0.1, 0.15) is 49.1 Å². The number of ether oxygens (including phenoxy) is 1. The summed E-state index contributed by atoms with van der Waals surface area (Å²) in [6.07, 6.45) is 4.40. The maximum Gasteiger partial charge on any atom is 0.407 e. The van der Waals surface area contributed by atoms with Crippen molar-refractivity contribution in [1.82, 2.24) is 10.6 Å². The molecule has 8 heteroatoms. The monoisotopic (exact) mass is 496 g/mol. The summed E-state index contributed by atoms with van der Waals surface area (Å²) in [5.74, 6) is -0.448. The number of fused-ring (bicyclic) bond motifs is 3. The second-order valence-electron chi connectivity index (χ2n) is 9.29. The van der Waals surface area contributed by atoms with Crippen LogP contribution in [0.4, 0.5) is 4.79 Å². The van der Waals surface area contributed by atoms with Crippen molar-refractivity contribution in [3.05, 3.63) is 59.7 Å². The third-order valence-electron chi connectivity index (χ3n) is 6.92. The molecule has 3 atom stereocenters. The number of carbonyl (C=O) groups excluding carboxylic acids is 2. The van der Waals surface area contributed by atoms with Crippen molar-refractivity contribution in [3.8, 4) is 11.1 Å². The third-order valence-corrected chi connectivity index (χ3v) is 7.57. The van der Waals surface area contributed by atoms with E-state index >= 15 is 0 Å². The Morgan fingerprint density at radius 2 is 1.71 bits per heavy atom. The number of benzene rings is 2. The van der Waals surface area contributed by atoms with Crippen molar-refractivity contribution < 1.29 is 24.2 Å². The van der Waals surface area contributed by atoms with Crippen LogP contribution in [0, 0.1) is 5.92 Å². The number of carboxylic acids is 1. The molecule has 2 amide bonds. The number of hydrogen-bond acceptors (Lipinski definition) is 5. The zero-order chi connectivity index (χ0) is 24.8. The largest absolute Gasteiger partial charge is 0.480 e. The van der Waals surface area contributed by atoms with Gasteiger partial charge in [0.15, 0.2) is 0 Å². The fourth-order valence-corrected chi connectivity index (χ4v) is 5.68. The first-order valence-corrected chi connectivity index (χ1v) is 13.5. The molecule has 2 aliphatic rings. The quantitative estimate of drug-likeness (QED) is 0.450. The van der Waals surface area contributed by atoms with Crippen LogP contribution < -0.4 is 10.6 Å². The highest BCUT2D eigenvalue weighted by Crippen LogP contribution is 2.44.